The average Bonchev–Trinajstić information content (AvgIpc) is 2.73. The van der Waals surface area contributed by atoms with Gasteiger partial charge in [-0.1, -0.05) is 35.9 Å². The van der Waals surface area contributed by atoms with Gasteiger partial charge in [0.15, 0.2) is 0 Å². The molecule has 1 aliphatic rings. The maximum absolute atomic E-state index is 13.0. The van der Waals surface area contributed by atoms with Crippen molar-refractivity contribution in [3.05, 3.63) is 70.3 Å². The van der Waals surface area contributed by atoms with E-state index in [1.807, 2.05) is 38.1 Å². The van der Waals surface area contributed by atoms with E-state index in [0.29, 0.717) is 24.4 Å². The molecule has 156 valence electrons. The summed E-state index contributed by atoms with van der Waals surface area (Å²) >= 11 is 0. The fourth-order valence-corrected chi connectivity index (χ4v) is 3.16. The first-order chi connectivity index (χ1) is 13.9. The molecule has 0 unspecified atom stereocenters. The van der Waals surface area contributed by atoms with Gasteiger partial charge in [0.25, 0.3) is 5.91 Å². The maximum atomic E-state index is 13.0. The second-order valence-corrected chi connectivity index (χ2v) is 7.55. The second kappa shape index (κ2) is 11.4. The van der Waals surface area contributed by atoms with Gasteiger partial charge in [-0.15, -0.1) is 0 Å². The molecule has 1 heterocycles. The Kier molecular flexibility index (Phi) is 8.87. The Morgan fingerprint density at radius 2 is 1.69 bits per heavy atom. The topological polar surface area (TPSA) is 67.4 Å². The number of ether oxygens (including phenoxy) is 1. The summed E-state index contributed by atoms with van der Waals surface area (Å²) in [5, 5.41) is 5.71. The van der Waals surface area contributed by atoms with Crippen molar-refractivity contribution in [1.29, 1.82) is 0 Å². The fourth-order valence-electron chi connectivity index (χ4n) is 3.16. The number of carbonyl (C=O) groups excluding carboxylic acids is 2. The third kappa shape index (κ3) is 7.35. The highest BCUT2D eigenvalue weighted by molar-refractivity contribution is 6.00. The Bertz CT molecular complexity index is 797. The van der Waals surface area contributed by atoms with Gasteiger partial charge in [0.1, 0.15) is 0 Å². The van der Waals surface area contributed by atoms with Gasteiger partial charge in [-0.05, 0) is 63.3 Å². The molecule has 0 radical (unpaired) electrons. The molecular formula is C24H32N2O3. The van der Waals surface area contributed by atoms with Crippen molar-refractivity contribution < 1.29 is 14.3 Å². The number of nitrogens with one attached hydrogen (secondary N) is 2. The molecule has 0 atom stereocenters. The van der Waals surface area contributed by atoms with Crippen molar-refractivity contribution in [3.63, 3.8) is 0 Å². The smallest absolute Gasteiger partial charge is 0.251 e. The number of amides is 2. The van der Waals surface area contributed by atoms with Crippen molar-refractivity contribution >= 4 is 11.8 Å². The monoisotopic (exact) mass is 396 g/mol. The Balaban J connectivity index is 2.33. The van der Waals surface area contributed by atoms with E-state index in [1.165, 1.54) is 5.56 Å². The Labute approximate surface area is 173 Å². The van der Waals surface area contributed by atoms with Crippen molar-refractivity contribution in [2.45, 2.75) is 46.1 Å². The second-order valence-electron chi connectivity index (χ2n) is 7.55. The molecule has 2 N–H and O–H groups in total. The summed E-state index contributed by atoms with van der Waals surface area (Å²) in [4.78, 5) is 25.1. The van der Waals surface area contributed by atoms with E-state index in [1.54, 1.807) is 20.0 Å². The fraction of sp³-hybridized carbons (Fsp3) is 0.417. The van der Waals surface area contributed by atoms with Crippen molar-refractivity contribution in [2.75, 3.05) is 20.3 Å². The molecular weight excluding hydrogens is 364 g/mol. The standard InChI is InChI=1S/C24H32N2O3/c1-17(2)20(15-19-8-6-5-7-9-19)16-21(14-18(3)23(27)25-4)24(28)26-22-10-12-29-13-11-22/h5-9,14,16,22H,10-13,15H2,1-4H3,(H,25,27)(H,26,28)/b18-14+,21-16+. The van der Waals surface area contributed by atoms with Crippen LogP contribution in [-0.4, -0.2) is 38.1 Å². The summed E-state index contributed by atoms with van der Waals surface area (Å²) in [5.41, 5.74) is 4.36. The molecule has 1 aromatic rings. The zero-order chi connectivity index (χ0) is 21.2. The molecule has 0 aromatic heterocycles. The first-order valence-electron chi connectivity index (χ1n) is 10.1. The number of hydrogen-bond donors (Lipinski definition) is 2. The van der Waals surface area contributed by atoms with Gasteiger partial charge in [-0.2, -0.15) is 0 Å². The van der Waals surface area contributed by atoms with Crippen LogP contribution in [0.3, 0.4) is 0 Å². The van der Waals surface area contributed by atoms with Crippen LogP contribution in [-0.2, 0) is 20.7 Å². The molecule has 2 amide bonds. The molecule has 1 aliphatic heterocycles. The zero-order valence-corrected chi connectivity index (χ0v) is 17.9. The minimum Gasteiger partial charge on any atom is -0.381 e. The number of benzene rings is 1. The normalized spacial score (nSPS) is 15.6. The summed E-state index contributed by atoms with van der Waals surface area (Å²) in [6.45, 7) is 7.11. The predicted octanol–water partition coefficient (Wildman–Crippen LogP) is 3.48. The van der Waals surface area contributed by atoms with Crippen molar-refractivity contribution in [1.82, 2.24) is 10.6 Å². The SMILES string of the molecule is CNC(=O)/C(C)=C/C(=C\C(Cc1ccccc1)=C(C)C)C(=O)NC1CCOCC1. The highest BCUT2D eigenvalue weighted by Gasteiger charge is 2.19. The Morgan fingerprint density at radius 3 is 2.28 bits per heavy atom. The molecule has 5 nitrogen and oxygen atoms in total. The van der Waals surface area contributed by atoms with E-state index < -0.39 is 0 Å². The molecule has 29 heavy (non-hydrogen) atoms. The van der Waals surface area contributed by atoms with Gasteiger partial charge in [0.05, 0.1) is 0 Å². The van der Waals surface area contributed by atoms with E-state index in [9.17, 15) is 9.59 Å². The number of carbonyl (C=O) groups is 2. The molecule has 2 rings (SSSR count). The van der Waals surface area contributed by atoms with Crippen LogP contribution >= 0.6 is 0 Å². The number of likely N-dealkylation sites (N-methyl/N-ethyl adjacent to an activating group) is 1. The number of hydrogen-bond acceptors (Lipinski definition) is 3. The summed E-state index contributed by atoms with van der Waals surface area (Å²) in [5.74, 6) is -0.358. The first-order valence-corrected chi connectivity index (χ1v) is 10.1. The lowest BCUT2D eigenvalue weighted by Crippen LogP contribution is -2.39. The molecule has 1 saturated heterocycles. The van der Waals surface area contributed by atoms with Gasteiger partial charge in [-0.25, -0.2) is 0 Å². The molecule has 0 spiro atoms. The Morgan fingerprint density at radius 1 is 1.03 bits per heavy atom. The molecule has 0 saturated carbocycles. The maximum Gasteiger partial charge on any atom is 0.251 e. The van der Waals surface area contributed by atoms with E-state index in [-0.39, 0.29) is 17.9 Å². The van der Waals surface area contributed by atoms with Gasteiger partial charge >= 0.3 is 0 Å². The van der Waals surface area contributed by atoms with Gasteiger partial charge < -0.3 is 15.4 Å². The quantitative estimate of drug-likeness (QED) is 0.548. The lowest BCUT2D eigenvalue weighted by atomic mass is 9.97. The zero-order valence-electron chi connectivity index (χ0n) is 17.9. The summed E-state index contributed by atoms with van der Waals surface area (Å²) < 4.78 is 5.38. The first kappa shape index (κ1) is 22.6. The number of rotatable bonds is 7. The van der Waals surface area contributed by atoms with Crippen LogP contribution in [0.1, 0.15) is 39.2 Å². The van der Waals surface area contributed by atoms with Crippen molar-refractivity contribution in [2.24, 2.45) is 0 Å². The average molecular weight is 397 g/mol. The number of allylic oxidation sites excluding steroid dienone is 3. The minimum atomic E-state index is -0.198. The summed E-state index contributed by atoms with van der Waals surface area (Å²) in [6.07, 6.45) is 5.91. The van der Waals surface area contributed by atoms with Crippen molar-refractivity contribution in [3.8, 4) is 0 Å². The van der Waals surface area contributed by atoms with Gasteiger partial charge in [0.2, 0.25) is 5.91 Å². The van der Waals surface area contributed by atoms with Gasteiger partial charge in [0, 0.05) is 37.4 Å². The van der Waals surface area contributed by atoms with Crippen LogP contribution in [0, 0.1) is 0 Å². The van der Waals surface area contributed by atoms with Crippen LogP contribution in [0.5, 0.6) is 0 Å². The van der Waals surface area contributed by atoms with Gasteiger partial charge in [-0.3, -0.25) is 9.59 Å². The summed E-state index contributed by atoms with van der Waals surface area (Å²) in [7, 11) is 1.59. The lowest BCUT2D eigenvalue weighted by molar-refractivity contribution is -0.118. The van der Waals surface area contributed by atoms with Crippen LogP contribution in [0.15, 0.2) is 64.8 Å². The van der Waals surface area contributed by atoms with E-state index in [4.69, 9.17) is 4.74 Å². The minimum absolute atomic E-state index is 0.0950. The third-order valence-corrected chi connectivity index (χ3v) is 4.99. The van der Waals surface area contributed by atoms with E-state index >= 15 is 0 Å². The molecule has 1 aromatic carbocycles. The Hall–Kier alpha value is -2.66. The third-order valence-electron chi connectivity index (χ3n) is 4.99. The highest BCUT2D eigenvalue weighted by atomic mass is 16.5. The molecule has 0 bridgehead atoms. The molecule has 1 fully saturated rings. The van der Waals surface area contributed by atoms with E-state index in [2.05, 4.69) is 22.8 Å². The van der Waals surface area contributed by atoms with Crippen LogP contribution in [0.4, 0.5) is 0 Å². The lowest BCUT2D eigenvalue weighted by Gasteiger charge is -2.23. The summed E-state index contributed by atoms with van der Waals surface area (Å²) in [6, 6.07) is 10.3. The predicted molar refractivity (Wildman–Crippen MR) is 116 cm³/mol. The van der Waals surface area contributed by atoms with E-state index in [0.717, 1.165) is 30.4 Å². The van der Waals surface area contributed by atoms with Crippen LogP contribution in [0.25, 0.3) is 0 Å². The van der Waals surface area contributed by atoms with Crippen LogP contribution < -0.4 is 10.6 Å². The van der Waals surface area contributed by atoms with Crippen LogP contribution in [0.2, 0.25) is 0 Å². The molecule has 0 aliphatic carbocycles. The largest absolute Gasteiger partial charge is 0.381 e. The highest BCUT2D eigenvalue weighted by Crippen LogP contribution is 2.18. The molecule has 5 heteroatoms.